The molecule has 0 bridgehead atoms. The fourth-order valence-electron chi connectivity index (χ4n) is 3.90. The van der Waals surface area contributed by atoms with Crippen molar-refractivity contribution < 1.29 is 19.1 Å². The molecule has 35 heavy (non-hydrogen) atoms. The summed E-state index contributed by atoms with van der Waals surface area (Å²) in [6.45, 7) is 21.2. The molecule has 7 heteroatoms. The lowest BCUT2D eigenvalue weighted by atomic mass is 9.95. The Balaban J connectivity index is 3.55. The molecule has 0 spiro atoms. The minimum atomic E-state index is -0.836. The Morgan fingerprint density at radius 3 is 1.94 bits per heavy atom. The first-order chi connectivity index (χ1) is 15.9. The van der Waals surface area contributed by atoms with Crippen LogP contribution in [0, 0.1) is 19.8 Å². The topological polar surface area (TPSA) is 87.7 Å². The van der Waals surface area contributed by atoms with Crippen LogP contribution in [0.2, 0.25) is 0 Å². The van der Waals surface area contributed by atoms with Crippen LogP contribution in [-0.4, -0.2) is 46.5 Å². The SMILES string of the molecule is CCCCN(C(=O)C(NC(=O)OC(C)(C)C)C(C)C)C(C(=O)NC(C)(C)C)c1cc(C)cc(C)c1. The third kappa shape index (κ3) is 10.3. The van der Waals surface area contributed by atoms with Gasteiger partial charge in [0.25, 0.3) is 0 Å². The zero-order chi connectivity index (χ0) is 27.1. The Kier molecular flexibility index (Phi) is 10.8. The number of carbonyl (C=O) groups is 3. The van der Waals surface area contributed by atoms with E-state index < -0.39 is 29.3 Å². The number of nitrogens with one attached hydrogen (secondary N) is 2. The lowest BCUT2D eigenvalue weighted by Gasteiger charge is -2.37. The molecule has 198 valence electrons. The molecule has 0 fully saturated rings. The first kappa shape index (κ1) is 30.5. The smallest absolute Gasteiger partial charge is 0.408 e. The van der Waals surface area contributed by atoms with Crippen LogP contribution in [-0.2, 0) is 14.3 Å². The van der Waals surface area contributed by atoms with Crippen molar-refractivity contribution in [3.63, 3.8) is 0 Å². The third-order valence-electron chi connectivity index (χ3n) is 5.26. The van der Waals surface area contributed by atoms with Crippen LogP contribution in [0.15, 0.2) is 18.2 Å². The van der Waals surface area contributed by atoms with Crippen molar-refractivity contribution in [3.05, 3.63) is 34.9 Å². The quantitative estimate of drug-likeness (QED) is 0.484. The van der Waals surface area contributed by atoms with Crippen molar-refractivity contribution in [3.8, 4) is 0 Å². The fraction of sp³-hybridized carbons (Fsp3) is 0.679. The Hall–Kier alpha value is -2.57. The molecule has 0 heterocycles. The van der Waals surface area contributed by atoms with Crippen LogP contribution in [0.3, 0.4) is 0 Å². The van der Waals surface area contributed by atoms with Gasteiger partial charge in [-0.05, 0) is 73.3 Å². The highest BCUT2D eigenvalue weighted by molar-refractivity contribution is 5.92. The van der Waals surface area contributed by atoms with Crippen LogP contribution < -0.4 is 10.6 Å². The number of rotatable bonds is 9. The average molecular weight is 490 g/mol. The van der Waals surface area contributed by atoms with E-state index in [0.29, 0.717) is 6.54 Å². The van der Waals surface area contributed by atoms with Gasteiger partial charge in [0.1, 0.15) is 17.7 Å². The maximum absolute atomic E-state index is 14.0. The molecule has 3 amide bonds. The summed E-state index contributed by atoms with van der Waals surface area (Å²) >= 11 is 0. The summed E-state index contributed by atoms with van der Waals surface area (Å²) in [5.41, 5.74) is 1.63. The third-order valence-corrected chi connectivity index (χ3v) is 5.26. The summed E-state index contributed by atoms with van der Waals surface area (Å²) in [5, 5.41) is 5.83. The number of nitrogens with zero attached hydrogens (tertiary/aromatic N) is 1. The molecule has 0 saturated heterocycles. The summed E-state index contributed by atoms with van der Waals surface area (Å²) in [6.07, 6.45) is 0.936. The molecule has 1 rings (SSSR count). The van der Waals surface area contributed by atoms with Gasteiger partial charge in [-0.15, -0.1) is 0 Å². The molecule has 0 saturated carbocycles. The Morgan fingerprint density at radius 2 is 1.51 bits per heavy atom. The maximum atomic E-state index is 14.0. The number of amides is 3. The van der Waals surface area contributed by atoms with Crippen LogP contribution in [0.1, 0.15) is 97.9 Å². The molecule has 1 aromatic carbocycles. The predicted molar refractivity (Wildman–Crippen MR) is 141 cm³/mol. The van der Waals surface area contributed by atoms with Gasteiger partial charge < -0.3 is 20.3 Å². The van der Waals surface area contributed by atoms with Crippen molar-refractivity contribution >= 4 is 17.9 Å². The molecule has 2 atom stereocenters. The summed E-state index contributed by atoms with van der Waals surface area (Å²) in [6, 6.07) is 4.29. The minimum Gasteiger partial charge on any atom is -0.444 e. The second-order valence-corrected chi connectivity index (χ2v) is 11.8. The van der Waals surface area contributed by atoms with E-state index in [0.717, 1.165) is 29.5 Å². The van der Waals surface area contributed by atoms with Gasteiger partial charge >= 0.3 is 6.09 Å². The Morgan fingerprint density at radius 1 is 0.971 bits per heavy atom. The van der Waals surface area contributed by atoms with E-state index in [2.05, 4.69) is 10.6 Å². The van der Waals surface area contributed by atoms with E-state index in [1.807, 2.05) is 73.6 Å². The molecule has 1 aromatic rings. The lowest BCUT2D eigenvalue weighted by molar-refractivity contribution is -0.144. The van der Waals surface area contributed by atoms with Crippen molar-refractivity contribution in [2.75, 3.05) is 6.54 Å². The summed E-state index contributed by atoms with van der Waals surface area (Å²) in [5.74, 6) is -0.746. The highest BCUT2D eigenvalue weighted by atomic mass is 16.6. The van der Waals surface area contributed by atoms with Gasteiger partial charge in [-0.1, -0.05) is 56.5 Å². The first-order valence-corrected chi connectivity index (χ1v) is 12.7. The number of hydrogen-bond donors (Lipinski definition) is 2. The summed E-state index contributed by atoms with van der Waals surface area (Å²) in [7, 11) is 0. The van der Waals surface area contributed by atoms with Crippen LogP contribution in [0.4, 0.5) is 4.79 Å². The number of benzene rings is 1. The second-order valence-electron chi connectivity index (χ2n) is 11.8. The number of alkyl carbamates (subject to hydrolysis) is 1. The van der Waals surface area contributed by atoms with Crippen molar-refractivity contribution in [2.24, 2.45) is 5.92 Å². The number of aryl methyl sites for hydroxylation is 2. The largest absolute Gasteiger partial charge is 0.444 e. The van der Waals surface area contributed by atoms with Gasteiger partial charge in [-0.25, -0.2) is 4.79 Å². The van der Waals surface area contributed by atoms with E-state index in [4.69, 9.17) is 4.74 Å². The molecule has 0 aromatic heterocycles. The van der Waals surface area contributed by atoms with E-state index in [1.54, 1.807) is 25.7 Å². The summed E-state index contributed by atoms with van der Waals surface area (Å²) in [4.78, 5) is 41.9. The number of carbonyl (C=O) groups excluding carboxylic acids is 3. The average Bonchev–Trinajstić information content (AvgIpc) is 2.64. The zero-order valence-corrected chi connectivity index (χ0v) is 23.7. The number of ether oxygens (including phenoxy) is 1. The van der Waals surface area contributed by atoms with E-state index in [1.165, 1.54) is 0 Å². The van der Waals surface area contributed by atoms with Gasteiger partial charge in [0.2, 0.25) is 11.8 Å². The van der Waals surface area contributed by atoms with Crippen molar-refractivity contribution in [1.29, 1.82) is 0 Å². The van der Waals surface area contributed by atoms with Gasteiger partial charge in [-0.2, -0.15) is 0 Å². The molecule has 2 unspecified atom stereocenters. The molecule has 0 aliphatic carbocycles. The van der Waals surface area contributed by atoms with Crippen molar-refractivity contribution in [2.45, 2.75) is 112 Å². The standard InChI is InChI=1S/C28H47N3O4/c1-12-13-14-31(25(33)22(18(2)3)29-26(34)35-28(9,10)11)23(24(32)30-27(6,7)8)21-16-19(4)15-20(5)17-21/h15-18,22-23H,12-14H2,1-11H3,(H,29,34)(H,30,32). The van der Waals surface area contributed by atoms with Crippen LogP contribution in [0.25, 0.3) is 0 Å². The predicted octanol–water partition coefficient (Wildman–Crippen LogP) is 5.44. The Labute approximate surface area is 212 Å². The van der Waals surface area contributed by atoms with Gasteiger partial charge in [0.15, 0.2) is 0 Å². The second kappa shape index (κ2) is 12.4. The van der Waals surface area contributed by atoms with E-state index in [9.17, 15) is 14.4 Å². The molecule has 0 aliphatic rings. The summed E-state index contributed by atoms with van der Waals surface area (Å²) < 4.78 is 5.42. The molecule has 0 aliphatic heterocycles. The van der Waals surface area contributed by atoms with Crippen LogP contribution >= 0.6 is 0 Å². The van der Waals surface area contributed by atoms with Crippen molar-refractivity contribution in [1.82, 2.24) is 15.5 Å². The number of unbranched alkanes of at least 4 members (excludes halogenated alkanes) is 1. The zero-order valence-electron chi connectivity index (χ0n) is 23.7. The minimum absolute atomic E-state index is 0.204. The molecule has 0 radical (unpaired) electrons. The monoisotopic (exact) mass is 489 g/mol. The van der Waals surface area contributed by atoms with Crippen LogP contribution in [0.5, 0.6) is 0 Å². The molecule has 7 nitrogen and oxygen atoms in total. The molecular formula is C28H47N3O4. The first-order valence-electron chi connectivity index (χ1n) is 12.7. The number of hydrogen-bond acceptors (Lipinski definition) is 4. The van der Waals surface area contributed by atoms with Gasteiger partial charge in [-0.3, -0.25) is 9.59 Å². The maximum Gasteiger partial charge on any atom is 0.408 e. The fourth-order valence-corrected chi connectivity index (χ4v) is 3.90. The Bertz CT molecular complexity index is 861. The van der Waals surface area contributed by atoms with E-state index in [-0.39, 0.29) is 17.7 Å². The highest BCUT2D eigenvalue weighted by Crippen LogP contribution is 2.27. The lowest BCUT2D eigenvalue weighted by Crippen LogP contribution is -2.56. The van der Waals surface area contributed by atoms with E-state index >= 15 is 0 Å². The molecule has 2 N–H and O–H groups in total. The molecular weight excluding hydrogens is 442 g/mol. The highest BCUT2D eigenvalue weighted by Gasteiger charge is 2.38. The van der Waals surface area contributed by atoms with Gasteiger partial charge in [0.05, 0.1) is 0 Å². The van der Waals surface area contributed by atoms with Gasteiger partial charge in [0, 0.05) is 12.1 Å². The normalized spacial score (nSPS) is 13.7.